The van der Waals surface area contributed by atoms with Crippen LogP contribution in [0.25, 0.3) is 5.57 Å². The highest BCUT2D eigenvalue weighted by molar-refractivity contribution is 7.12. The first-order valence-corrected chi connectivity index (χ1v) is 12.1. The summed E-state index contributed by atoms with van der Waals surface area (Å²) < 4.78 is 5.23. The second-order valence-corrected chi connectivity index (χ2v) is 11.0. The smallest absolute Gasteiger partial charge is 0.407 e. The lowest BCUT2D eigenvalue weighted by Gasteiger charge is -2.19. The van der Waals surface area contributed by atoms with E-state index in [0.29, 0.717) is 16.8 Å². The Morgan fingerprint density at radius 2 is 1.60 bits per heavy atom. The van der Waals surface area contributed by atoms with Crippen LogP contribution in [-0.2, 0) is 20.9 Å². The first-order chi connectivity index (χ1) is 16.2. The Bertz CT molecular complexity index is 1180. The number of carboxylic acids is 1. The number of nitrogens with one attached hydrogen (secondary N) is 2. The summed E-state index contributed by atoms with van der Waals surface area (Å²) in [6.07, 6.45) is -0.512. The van der Waals surface area contributed by atoms with Crippen LogP contribution in [0.15, 0.2) is 47.1 Å². The van der Waals surface area contributed by atoms with Crippen LogP contribution in [0.1, 0.15) is 62.4 Å². The molecule has 2 rings (SSSR count). The number of carbonyl (C=O) groups is 3. The number of carboxylic acid groups (broad SMARTS) is 1. The molecule has 0 bridgehead atoms. The van der Waals surface area contributed by atoms with Crippen molar-refractivity contribution >= 4 is 40.6 Å². The van der Waals surface area contributed by atoms with Crippen molar-refractivity contribution in [2.24, 2.45) is 0 Å². The number of thiophene rings is 1. The van der Waals surface area contributed by atoms with Gasteiger partial charge in [0.1, 0.15) is 5.60 Å². The van der Waals surface area contributed by atoms with Crippen molar-refractivity contribution in [2.45, 2.75) is 67.5 Å². The van der Waals surface area contributed by atoms with E-state index in [4.69, 9.17) is 4.74 Å². The first-order valence-electron chi connectivity index (χ1n) is 11.3. The van der Waals surface area contributed by atoms with E-state index in [-0.39, 0.29) is 17.7 Å². The summed E-state index contributed by atoms with van der Waals surface area (Å²) in [5.41, 5.74) is 2.88. The van der Waals surface area contributed by atoms with E-state index >= 15 is 0 Å². The average Bonchev–Trinajstić information content (AvgIpc) is 3.07. The molecule has 1 aromatic heterocycles. The van der Waals surface area contributed by atoms with Gasteiger partial charge in [-0.2, -0.15) is 0 Å². The summed E-state index contributed by atoms with van der Waals surface area (Å²) in [6.45, 7) is 14.7. The normalized spacial score (nSPS) is 11.9. The van der Waals surface area contributed by atoms with Gasteiger partial charge in [0.25, 0.3) is 5.91 Å². The second kappa shape index (κ2) is 11.4. The fourth-order valence-electron chi connectivity index (χ4n) is 3.57. The summed E-state index contributed by atoms with van der Waals surface area (Å²) >= 11 is 1.60. The second-order valence-electron chi connectivity index (χ2n) is 9.51. The molecule has 2 amide bonds. The Labute approximate surface area is 210 Å². The van der Waals surface area contributed by atoms with Crippen molar-refractivity contribution in [1.82, 2.24) is 5.32 Å². The Morgan fingerprint density at radius 1 is 1.00 bits per heavy atom. The fraction of sp³-hybridized carbons (Fsp3) is 0.370. The SMILES string of the molecule is CC(C)=C(C(=O)O)/C(C(=O)Nc1ccc(CNC(=O)OC(C)(C)C)cc1)=C(\C)c1cc(C)sc1C. The number of amides is 2. The zero-order valence-corrected chi connectivity index (χ0v) is 22.4. The van der Waals surface area contributed by atoms with E-state index in [2.05, 4.69) is 10.6 Å². The van der Waals surface area contributed by atoms with E-state index in [1.165, 1.54) is 0 Å². The van der Waals surface area contributed by atoms with Gasteiger partial charge in [-0.3, -0.25) is 4.79 Å². The van der Waals surface area contributed by atoms with Crippen LogP contribution in [0.3, 0.4) is 0 Å². The van der Waals surface area contributed by atoms with E-state index < -0.39 is 23.6 Å². The van der Waals surface area contributed by atoms with Crippen molar-refractivity contribution in [2.75, 3.05) is 5.32 Å². The van der Waals surface area contributed by atoms with Gasteiger partial charge in [-0.25, -0.2) is 9.59 Å². The summed E-state index contributed by atoms with van der Waals surface area (Å²) in [5, 5.41) is 15.4. The lowest BCUT2D eigenvalue weighted by molar-refractivity contribution is -0.132. The molecule has 35 heavy (non-hydrogen) atoms. The number of benzene rings is 1. The third kappa shape index (κ3) is 7.82. The predicted molar refractivity (Wildman–Crippen MR) is 141 cm³/mol. The standard InChI is InChI=1S/C27H34N2O5S/c1-15(2)22(25(31)32)23(17(4)21-13-16(3)35-18(21)5)24(30)29-20-11-9-19(10-12-20)14-28-26(33)34-27(6,7)8/h9-13H,14H2,1-8H3,(H,28,33)(H,29,30)(H,31,32)/b23-17-. The molecule has 8 heteroatoms. The lowest BCUT2D eigenvalue weighted by Crippen LogP contribution is -2.32. The number of aliphatic carboxylic acids is 1. The molecular weight excluding hydrogens is 464 g/mol. The minimum Gasteiger partial charge on any atom is -0.478 e. The van der Waals surface area contributed by atoms with Gasteiger partial charge in [0.05, 0.1) is 11.1 Å². The largest absolute Gasteiger partial charge is 0.478 e. The van der Waals surface area contributed by atoms with Crippen LogP contribution in [0.5, 0.6) is 0 Å². The van der Waals surface area contributed by atoms with Crippen LogP contribution in [0.2, 0.25) is 0 Å². The third-order valence-corrected chi connectivity index (χ3v) is 6.02. The van der Waals surface area contributed by atoms with E-state index in [1.54, 1.807) is 77.1 Å². The van der Waals surface area contributed by atoms with Crippen molar-refractivity contribution in [3.05, 3.63) is 67.9 Å². The summed E-state index contributed by atoms with van der Waals surface area (Å²) in [4.78, 5) is 39.5. The van der Waals surface area contributed by atoms with Gasteiger partial charge in [-0.15, -0.1) is 11.3 Å². The van der Waals surface area contributed by atoms with Gasteiger partial charge in [0, 0.05) is 22.0 Å². The van der Waals surface area contributed by atoms with Crippen molar-refractivity contribution < 1.29 is 24.2 Å². The van der Waals surface area contributed by atoms with Crippen LogP contribution < -0.4 is 10.6 Å². The molecule has 1 aromatic carbocycles. The van der Waals surface area contributed by atoms with Gasteiger partial charge >= 0.3 is 12.1 Å². The lowest BCUT2D eigenvalue weighted by atomic mass is 9.92. The number of alkyl carbamates (subject to hydrolysis) is 1. The molecule has 7 nitrogen and oxygen atoms in total. The first kappa shape index (κ1) is 27.9. The molecule has 0 aliphatic heterocycles. The van der Waals surface area contributed by atoms with Gasteiger partial charge in [-0.05, 0) is 90.3 Å². The van der Waals surface area contributed by atoms with Gasteiger partial charge < -0.3 is 20.5 Å². The van der Waals surface area contributed by atoms with Crippen LogP contribution >= 0.6 is 11.3 Å². The third-order valence-electron chi connectivity index (χ3n) is 5.06. The topological polar surface area (TPSA) is 105 Å². The monoisotopic (exact) mass is 498 g/mol. The fourth-order valence-corrected chi connectivity index (χ4v) is 4.55. The summed E-state index contributed by atoms with van der Waals surface area (Å²) in [6, 6.07) is 8.93. The van der Waals surface area contributed by atoms with E-state index in [9.17, 15) is 19.5 Å². The molecule has 0 radical (unpaired) electrons. The van der Waals surface area contributed by atoms with E-state index in [0.717, 1.165) is 20.9 Å². The minimum absolute atomic E-state index is 0.0126. The number of ether oxygens (including phenoxy) is 1. The predicted octanol–water partition coefficient (Wildman–Crippen LogP) is 6.22. The molecule has 0 aliphatic rings. The maximum atomic E-state index is 13.4. The molecule has 0 atom stereocenters. The number of allylic oxidation sites excluding steroid dienone is 2. The van der Waals surface area contributed by atoms with Gasteiger partial charge in [-0.1, -0.05) is 17.7 Å². The van der Waals surface area contributed by atoms with Crippen LogP contribution in [0, 0.1) is 13.8 Å². The highest BCUT2D eigenvalue weighted by Crippen LogP contribution is 2.33. The number of aryl methyl sites for hydroxylation is 2. The highest BCUT2D eigenvalue weighted by Gasteiger charge is 2.26. The van der Waals surface area contributed by atoms with Crippen molar-refractivity contribution in [3.8, 4) is 0 Å². The van der Waals surface area contributed by atoms with Crippen LogP contribution in [0.4, 0.5) is 10.5 Å². The Kier molecular flexibility index (Phi) is 9.04. The zero-order valence-electron chi connectivity index (χ0n) is 21.6. The highest BCUT2D eigenvalue weighted by atomic mass is 32.1. The molecule has 0 aliphatic carbocycles. The molecule has 0 unspecified atom stereocenters. The Hall–Kier alpha value is -3.39. The number of anilines is 1. The van der Waals surface area contributed by atoms with Crippen molar-refractivity contribution in [1.29, 1.82) is 0 Å². The van der Waals surface area contributed by atoms with Crippen LogP contribution in [-0.4, -0.2) is 28.7 Å². The molecule has 2 aromatic rings. The maximum absolute atomic E-state index is 13.4. The molecular formula is C27H34N2O5S. The minimum atomic E-state index is -1.15. The maximum Gasteiger partial charge on any atom is 0.407 e. The Balaban J connectivity index is 2.30. The number of rotatable bonds is 7. The molecule has 0 fully saturated rings. The molecule has 0 saturated heterocycles. The molecule has 188 valence electrons. The molecule has 1 heterocycles. The number of carbonyl (C=O) groups excluding carboxylic acids is 2. The average molecular weight is 499 g/mol. The summed E-state index contributed by atoms with van der Waals surface area (Å²) in [5.74, 6) is -1.65. The quantitative estimate of drug-likeness (QED) is 0.310. The number of hydrogen-bond acceptors (Lipinski definition) is 5. The zero-order chi connectivity index (χ0) is 26.5. The Morgan fingerprint density at radius 3 is 2.06 bits per heavy atom. The molecule has 3 N–H and O–H groups in total. The number of hydrogen-bond donors (Lipinski definition) is 3. The van der Waals surface area contributed by atoms with Gasteiger partial charge in [0.2, 0.25) is 0 Å². The molecule has 0 saturated carbocycles. The van der Waals surface area contributed by atoms with E-state index in [1.807, 2.05) is 19.9 Å². The summed E-state index contributed by atoms with van der Waals surface area (Å²) in [7, 11) is 0. The molecule has 0 spiro atoms. The van der Waals surface area contributed by atoms with Crippen molar-refractivity contribution in [3.63, 3.8) is 0 Å². The van der Waals surface area contributed by atoms with Gasteiger partial charge in [0.15, 0.2) is 0 Å².